The molecule has 2 atom stereocenters. The van der Waals surface area contributed by atoms with Crippen LogP contribution in [0.25, 0.3) is 0 Å². The molecule has 0 aliphatic heterocycles. The van der Waals surface area contributed by atoms with Crippen LogP contribution in [-0.4, -0.2) is 7.11 Å². The minimum atomic E-state index is -0.837. The topological polar surface area (TPSA) is 21.3 Å². The molecule has 4 heteroatoms. The number of methoxy groups -OCH3 is 1. The maximum absolute atomic E-state index is 13.6. The maximum Gasteiger partial charge on any atom is 0.159 e. The van der Waals surface area contributed by atoms with Gasteiger partial charge in [0.05, 0.1) is 13.2 Å². The van der Waals surface area contributed by atoms with Crippen LogP contribution in [0, 0.1) is 11.6 Å². The van der Waals surface area contributed by atoms with Crippen molar-refractivity contribution in [3.8, 4) is 5.75 Å². The number of ether oxygens (including phenoxy) is 1. The van der Waals surface area contributed by atoms with E-state index in [2.05, 4.69) is 5.32 Å². The zero-order chi connectivity index (χ0) is 18.5. The molecule has 2 unspecified atom stereocenters. The van der Waals surface area contributed by atoms with Crippen LogP contribution in [-0.2, 0) is 0 Å². The van der Waals surface area contributed by atoms with Crippen LogP contribution in [0.5, 0.6) is 5.75 Å². The second-order valence-electron chi connectivity index (χ2n) is 6.18. The summed E-state index contributed by atoms with van der Waals surface area (Å²) in [5.74, 6) is -0.887. The predicted molar refractivity (Wildman–Crippen MR) is 99.2 cm³/mol. The molecular weight excluding hydrogens is 332 g/mol. The summed E-state index contributed by atoms with van der Waals surface area (Å²) in [5.41, 5.74) is 2.84. The Morgan fingerprint density at radius 3 is 2.00 bits per heavy atom. The van der Waals surface area contributed by atoms with Gasteiger partial charge in [-0.15, -0.1) is 0 Å². The van der Waals surface area contributed by atoms with Gasteiger partial charge in [-0.05, 0) is 47.9 Å². The SMILES string of the molecule is COc1ccc(C(NC(C)c2ccc(F)c(F)c2)c2ccccc2)cc1. The summed E-state index contributed by atoms with van der Waals surface area (Å²) in [5, 5.41) is 3.52. The molecule has 3 aromatic carbocycles. The fourth-order valence-corrected chi connectivity index (χ4v) is 2.95. The summed E-state index contributed by atoms with van der Waals surface area (Å²) in [4.78, 5) is 0. The monoisotopic (exact) mass is 353 g/mol. The van der Waals surface area contributed by atoms with E-state index >= 15 is 0 Å². The van der Waals surface area contributed by atoms with Crippen LogP contribution in [0.15, 0.2) is 72.8 Å². The molecule has 0 aromatic heterocycles. The van der Waals surface area contributed by atoms with E-state index in [1.807, 2.05) is 61.5 Å². The Morgan fingerprint density at radius 2 is 1.38 bits per heavy atom. The van der Waals surface area contributed by atoms with Gasteiger partial charge in [0.2, 0.25) is 0 Å². The molecule has 0 saturated carbocycles. The van der Waals surface area contributed by atoms with Gasteiger partial charge in [0.1, 0.15) is 5.75 Å². The fourth-order valence-electron chi connectivity index (χ4n) is 2.95. The van der Waals surface area contributed by atoms with E-state index in [0.29, 0.717) is 5.56 Å². The van der Waals surface area contributed by atoms with Gasteiger partial charge in [-0.25, -0.2) is 8.78 Å². The summed E-state index contributed by atoms with van der Waals surface area (Å²) in [6.07, 6.45) is 0. The zero-order valence-electron chi connectivity index (χ0n) is 14.7. The average molecular weight is 353 g/mol. The lowest BCUT2D eigenvalue weighted by Gasteiger charge is -2.25. The normalized spacial score (nSPS) is 13.2. The number of hydrogen-bond acceptors (Lipinski definition) is 2. The third-order valence-electron chi connectivity index (χ3n) is 4.44. The molecule has 0 fully saturated rings. The maximum atomic E-state index is 13.6. The predicted octanol–water partition coefficient (Wildman–Crippen LogP) is 5.41. The van der Waals surface area contributed by atoms with Gasteiger partial charge < -0.3 is 4.74 Å². The highest BCUT2D eigenvalue weighted by Gasteiger charge is 2.18. The smallest absolute Gasteiger partial charge is 0.159 e. The molecule has 3 rings (SSSR count). The largest absolute Gasteiger partial charge is 0.497 e. The van der Waals surface area contributed by atoms with Gasteiger partial charge in [-0.3, -0.25) is 5.32 Å². The van der Waals surface area contributed by atoms with E-state index in [4.69, 9.17) is 4.74 Å². The summed E-state index contributed by atoms with van der Waals surface area (Å²) in [7, 11) is 1.63. The highest BCUT2D eigenvalue weighted by molar-refractivity contribution is 5.36. The first-order valence-corrected chi connectivity index (χ1v) is 8.48. The highest BCUT2D eigenvalue weighted by atomic mass is 19.2. The van der Waals surface area contributed by atoms with Crippen molar-refractivity contribution in [2.75, 3.05) is 7.11 Å². The van der Waals surface area contributed by atoms with Gasteiger partial charge >= 0.3 is 0 Å². The minimum Gasteiger partial charge on any atom is -0.497 e. The van der Waals surface area contributed by atoms with Crippen LogP contribution >= 0.6 is 0 Å². The Hall–Kier alpha value is -2.72. The fraction of sp³-hybridized carbons (Fsp3) is 0.182. The molecule has 26 heavy (non-hydrogen) atoms. The zero-order valence-corrected chi connectivity index (χ0v) is 14.7. The molecule has 0 spiro atoms. The Morgan fingerprint density at radius 1 is 0.769 bits per heavy atom. The van der Waals surface area contributed by atoms with Gasteiger partial charge in [0, 0.05) is 6.04 Å². The molecule has 1 N–H and O–H groups in total. The third-order valence-corrected chi connectivity index (χ3v) is 4.44. The Labute approximate surface area is 152 Å². The van der Waals surface area contributed by atoms with Crippen molar-refractivity contribution in [1.29, 1.82) is 0 Å². The highest BCUT2D eigenvalue weighted by Crippen LogP contribution is 2.27. The van der Waals surface area contributed by atoms with E-state index in [-0.39, 0.29) is 12.1 Å². The third kappa shape index (κ3) is 4.09. The number of halogens is 2. The molecule has 0 aliphatic carbocycles. The van der Waals surface area contributed by atoms with Crippen LogP contribution < -0.4 is 10.1 Å². The summed E-state index contributed by atoms with van der Waals surface area (Å²) in [6, 6.07) is 21.6. The number of benzene rings is 3. The lowest BCUT2D eigenvalue weighted by atomic mass is 9.96. The number of rotatable bonds is 6. The lowest BCUT2D eigenvalue weighted by molar-refractivity contribution is 0.414. The molecule has 2 nitrogen and oxygen atoms in total. The van der Waals surface area contributed by atoms with Crippen molar-refractivity contribution < 1.29 is 13.5 Å². The number of hydrogen-bond donors (Lipinski definition) is 1. The first kappa shape index (κ1) is 18.1. The Bertz CT molecular complexity index is 850. The quantitative estimate of drug-likeness (QED) is 0.639. The van der Waals surface area contributed by atoms with Crippen molar-refractivity contribution in [2.45, 2.75) is 19.0 Å². The number of nitrogens with one attached hydrogen (secondary N) is 1. The van der Waals surface area contributed by atoms with E-state index in [1.54, 1.807) is 13.2 Å². The van der Waals surface area contributed by atoms with Crippen LogP contribution in [0.1, 0.15) is 35.7 Å². The van der Waals surface area contributed by atoms with Crippen molar-refractivity contribution >= 4 is 0 Å². The van der Waals surface area contributed by atoms with E-state index in [1.165, 1.54) is 6.07 Å². The van der Waals surface area contributed by atoms with E-state index in [0.717, 1.165) is 22.9 Å². The summed E-state index contributed by atoms with van der Waals surface area (Å²) < 4.78 is 32.0. The lowest BCUT2D eigenvalue weighted by Crippen LogP contribution is -2.25. The van der Waals surface area contributed by atoms with Gasteiger partial charge in [-0.1, -0.05) is 48.5 Å². The van der Waals surface area contributed by atoms with Gasteiger partial charge in [-0.2, -0.15) is 0 Å². The van der Waals surface area contributed by atoms with Crippen LogP contribution in [0.3, 0.4) is 0 Å². The molecule has 134 valence electrons. The van der Waals surface area contributed by atoms with Gasteiger partial charge in [0.25, 0.3) is 0 Å². The Kier molecular flexibility index (Phi) is 5.64. The van der Waals surface area contributed by atoms with Crippen molar-refractivity contribution in [3.05, 3.63) is 101 Å². The van der Waals surface area contributed by atoms with E-state index in [9.17, 15) is 8.78 Å². The minimum absolute atomic E-state index is 0.0924. The summed E-state index contributed by atoms with van der Waals surface area (Å²) in [6.45, 7) is 1.94. The van der Waals surface area contributed by atoms with Crippen LogP contribution in [0.2, 0.25) is 0 Å². The molecule has 0 aliphatic rings. The van der Waals surface area contributed by atoms with Crippen molar-refractivity contribution in [1.82, 2.24) is 5.32 Å². The van der Waals surface area contributed by atoms with Gasteiger partial charge in [0.15, 0.2) is 11.6 Å². The standard InChI is InChI=1S/C22H21F2NO/c1-15(18-10-13-20(23)21(24)14-18)25-22(16-6-4-3-5-7-16)17-8-11-19(26-2)12-9-17/h3-15,22,25H,1-2H3. The second kappa shape index (κ2) is 8.11. The first-order valence-electron chi connectivity index (χ1n) is 8.48. The second-order valence-corrected chi connectivity index (χ2v) is 6.18. The molecule has 0 saturated heterocycles. The summed E-state index contributed by atoms with van der Waals surface area (Å²) >= 11 is 0. The Balaban J connectivity index is 1.91. The van der Waals surface area contributed by atoms with Crippen LogP contribution in [0.4, 0.5) is 8.78 Å². The van der Waals surface area contributed by atoms with Crippen molar-refractivity contribution in [2.24, 2.45) is 0 Å². The molecule has 3 aromatic rings. The van der Waals surface area contributed by atoms with E-state index < -0.39 is 11.6 Å². The molecule has 0 heterocycles. The van der Waals surface area contributed by atoms with Crippen molar-refractivity contribution in [3.63, 3.8) is 0 Å². The molecule has 0 amide bonds. The molecular formula is C22H21F2NO. The average Bonchev–Trinajstić information content (AvgIpc) is 2.69. The molecule has 0 radical (unpaired) electrons. The molecule has 0 bridgehead atoms. The first-order chi connectivity index (χ1) is 12.6.